The van der Waals surface area contributed by atoms with Gasteiger partial charge in [0.05, 0.1) is 13.2 Å². The second kappa shape index (κ2) is 9.64. The highest BCUT2D eigenvalue weighted by Crippen LogP contribution is 2.28. The molecule has 2 aromatic rings. The summed E-state index contributed by atoms with van der Waals surface area (Å²) in [4.78, 5) is 12.1. The molecule has 5 nitrogen and oxygen atoms in total. The molecule has 0 spiro atoms. The largest absolute Gasteiger partial charge is 0.493 e. The van der Waals surface area contributed by atoms with Gasteiger partial charge in [0, 0.05) is 10.5 Å². The zero-order valence-corrected chi connectivity index (χ0v) is 16.1. The van der Waals surface area contributed by atoms with E-state index in [2.05, 4.69) is 21.2 Å². The number of nitrogens with one attached hydrogen (secondary N) is 1. The number of nitrogens with zero attached hydrogens (tertiary/aromatic N) is 1. The molecule has 2 aromatic carbocycles. The Balaban J connectivity index is 2.00. The third-order valence-corrected chi connectivity index (χ3v) is 4.16. The predicted octanol–water partition coefficient (Wildman–Crippen LogP) is 4.25. The van der Waals surface area contributed by atoms with E-state index in [0.717, 1.165) is 15.6 Å². The van der Waals surface area contributed by atoms with E-state index in [1.54, 1.807) is 24.3 Å². The molecule has 6 heteroatoms. The summed E-state index contributed by atoms with van der Waals surface area (Å²) in [7, 11) is 1.52. The van der Waals surface area contributed by atoms with Crippen molar-refractivity contribution in [1.82, 2.24) is 5.32 Å². The van der Waals surface area contributed by atoms with Gasteiger partial charge in [-0.25, -0.2) is 0 Å². The van der Waals surface area contributed by atoms with Crippen LogP contribution in [0.25, 0.3) is 6.08 Å². The summed E-state index contributed by atoms with van der Waals surface area (Å²) >= 11 is 3.39. The monoisotopic (exact) mass is 414 g/mol. The molecule has 1 N–H and O–H groups in total. The molecule has 0 aromatic heterocycles. The van der Waals surface area contributed by atoms with Crippen LogP contribution < -0.4 is 14.8 Å². The molecule has 1 amide bonds. The van der Waals surface area contributed by atoms with Gasteiger partial charge in [0.15, 0.2) is 18.1 Å². The van der Waals surface area contributed by atoms with Gasteiger partial charge in [-0.05, 0) is 48.4 Å². The van der Waals surface area contributed by atoms with Crippen molar-refractivity contribution in [3.8, 4) is 17.6 Å². The van der Waals surface area contributed by atoms with Gasteiger partial charge in [-0.2, -0.15) is 5.26 Å². The Bertz CT molecular complexity index is 826. The van der Waals surface area contributed by atoms with Gasteiger partial charge in [0.1, 0.15) is 6.07 Å². The summed E-state index contributed by atoms with van der Waals surface area (Å²) in [6.07, 6.45) is 3.17. The molecule has 1 atom stereocenters. The maximum Gasteiger partial charge on any atom is 0.244 e. The van der Waals surface area contributed by atoms with Crippen LogP contribution in [-0.4, -0.2) is 19.6 Å². The molecule has 0 fully saturated rings. The second-order valence-corrected chi connectivity index (χ2v) is 6.39. The van der Waals surface area contributed by atoms with E-state index in [9.17, 15) is 4.79 Å². The molecule has 134 valence electrons. The van der Waals surface area contributed by atoms with E-state index >= 15 is 0 Å². The summed E-state index contributed by atoms with van der Waals surface area (Å²) in [6, 6.07) is 14.9. The highest BCUT2D eigenvalue weighted by atomic mass is 79.9. The second-order valence-electron chi connectivity index (χ2n) is 5.47. The van der Waals surface area contributed by atoms with Crippen LogP contribution in [0.3, 0.4) is 0 Å². The van der Waals surface area contributed by atoms with Crippen LogP contribution in [0.5, 0.6) is 11.5 Å². The molecule has 0 saturated heterocycles. The van der Waals surface area contributed by atoms with Crippen LogP contribution in [0.15, 0.2) is 53.0 Å². The average molecular weight is 415 g/mol. The molecule has 0 aliphatic carbocycles. The zero-order valence-electron chi connectivity index (χ0n) is 14.5. The summed E-state index contributed by atoms with van der Waals surface area (Å²) in [5, 5.41) is 11.5. The van der Waals surface area contributed by atoms with E-state index in [4.69, 9.17) is 14.7 Å². The van der Waals surface area contributed by atoms with E-state index in [1.165, 1.54) is 13.2 Å². The number of ether oxygens (including phenoxy) is 2. The Labute approximate surface area is 161 Å². The third kappa shape index (κ3) is 5.64. The minimum absolute atomic E-state index is 0.0537. The first-order chi connectivity index (χ1) is 12.5. The van der Waals surface area contributed by atoms with Crippen molar-refractivity contribution >= 4 is 27.9 Å². The number of carbonyl (C=O) groups is 1. The number of carbonyl (C=O) groups excluding carboxylic acids is 1. The first-order valence-corrected chi connectivity index (χ1v) is 8.74. The van der Waals surface area contributed by atoms with Crippen LogP contribution in [-0.2, 0) is 4.79 Å². The van der Waals surface area contributed by atoms with Crippen molar-refractivity contribution < 1.29 is 14.3 Å². The fourth-order valence-corrected chi connectivity index (χ4v) is 2.55. The first-order valence-electron chi connectivity index (χ1n) is 7.95. The first kappa shape index (κ1) is 19.5. The van der Waals surface area contributed by atoms with Gasteiger partial charge in [-0.15, -0.1) is 0 Å². The standard InChI is InChI=1S/C20H19BrN2O3/c1-14(16-5-7-17(21)8-6-16)23-20(24)10-4-15-3-9-18(26-12-11-22)19(13-15)25-2/h3-10,13-14H,12H2,1-2H3,(H,23,24)/b10-4+/t14-/m0/s1. The Hall–Kier alpha value is -2.78. The Morgan fingerprint density at radius 3 is 2.65 bits per heavy atom. The van der Waals surface area contributed by atoms with Gasteiger partial charge in [0.25, 0.3) is 0 Å². The van der Waals surface area contributed by atoms with E-state index < -0.39 is 0 Å². The SMILES string of the molecule is COc1cc(/C=C/C(=O)N[C@@H](C)c2ccc(Br)cc2)ccc1OCC#N. The maximum atomic E-state index is 12.1. The summed E-state index contributed by atoms with van der Waals surface area (Å²) < 4.78 is 11.5. The lowest BCUT2D eigenvalue weighted by Gasteiger charge is -2.13. The fourth-order valence-electron chi connectivity index (χ4n) is 2.29. The molecule has 0 radical (unpaired) electrons. The van der Waals surface area contributed by atoms with Crippen molar-refractivity contribution in [3.05, 3.63) is 64.1 Å². The smallest absolute Gasteiger partial charge is 0.244 e. The molecule has 0 aliphatic heterocycles. The van der Waals surface area contributed by atoms with Gasteiger partial charge in [0.2, 0.25) is 5.91 Å². The number of rotatable bonds is 7. The molecular formula is C20H19BrN2O3. The van der Waals surface area contributed by atoms with E-state index in [-0.39, 0.29) is 18.6 Å². The zero-order chi connectivity index (χ0) is 18.9. The molecule has 0 saturated carbocycles. The molecule has 2 rings (SSSR count). The summed E-state index contributed by atoms with van der Waals surface area (Å²) in [5.74, 6) is 0.801. The van der Waals surface area contributed by atoms with Crippen molar-refractivity contribution in [1.29, 1.82) is 5.26 Å². The van der Waals surface area contributed by atoms with E-state index in [0.29, 0.717) is 11.5 Å². The number of nitriles is 1. The fraction of sp³-hybridized carbons (Fsp3) is 0.200. The minimum Gasteiger partial charge on any atom is -0.493 e. The predicted molar refractivity (Wildman–Crippen MR) is 104 cm³/mol. The van der Waals surface area contributed by atoms with Crippen LogP contribution in [0.2, 0.25) is 0 Å². The van der Waals surface area contributed by atoms with Gasteiger partial charge in [-0.3, -0.25) is 4.79 Å². The molecule has 0 bridgehead atoms. The lowest BCUT2D eigenvalue weighted by atomic mass is 10.1. The van der Waals surface area contributed by atoms with Gasteiger partial charge < -0.3 is 14.8 Å². The van der Waals surface area contributed by atoms with Gasteiger partial charge in [-0.1, -0.05) is 34.1 Å². The number of benzene rings is 2. The Kier molecular flexibility index (Phi) is 7.24. The number of halogens is 1. The van der Waals surface area contributed by atoms with Crippen molar-refractivity contribution in [3.63, 3.8) is 0 Å². The molecule has 0 heterocycles. The minimum atomic E-state index is -0.191. The normalized spacial score (nSPS) is 11.6. The van der Waals surface area contributed by atoms with Crippen molar-refractivity contribution in [2.75, 3.05) is 13.7 Å². The number of methoxy groups -OCH3 is 1. The summed E-state index contributed by atoms with van der Waals surface area (Å²) in [5.41, 5.74) is 1.81. The van der Waals surface area contributed by atoms with Crippen molar-refractivity contribution in [2.24, 2.45) is 0 Å². The quantitative estimate of drug-likeness (QED) is 0.687. The van der Waals surface area contributed by atoms with Gasteiger partial charge >= 0.3 is 0 Å². The Morgan fingerprint density at radius 2 is 2.00 bits per heavy atom. The number of hydrogen-bond donors (Lipinski definition) is 1. The average Bonchev–Trinajstić information content (AvgIpc) is 2.65. The third-order valence-electron chi connectivity index (χ3n) is 3.64. The van der Waals surface area contributed by atoms with Crippen LogP contribution >= 0.6 is 15.9 Å². The van der Waals surface area contributed by atoms with Crippen LogP contribution in [0, 0.1) is 11.3 Å². The number of hydrogen-bond acceptors (Lipinski definition) is 4. The highest BCUT2D eigenvalue weighted by molar-refractivity contribution is 9.10. The maximum absolute atomic E-state index is 12.1. The van der Waals surface area contributed by atoms with Crippen LogP contribution in [0.4, 0.5) is 0 Å². The molecular weight excluding hydrogens is 396 g/mol. The molecule has 26 heavy (non-hydrogen) atoms. The summed E-state index contributed by atoms with van der Waals surface area (Å²) in [6.45, 7) is 1.88. The molecule has 0 unspecified atom stereocenters. The highest BCUT2D eigenvalue weighted by Gasteiger charge is 2.08. The topological polar surface area (TPSA) is 71.3 Å². The van der Waals surface area contributed by atoms with E-state index in [1.807, 2.05) is 37.3 Å². The molecule has 0 aliphatic rings. The van der Waals surface area contributed by atoms with Crippen molar-refractivity contribution in [2.45, 2.75) is 13.0 Å². The lowest BCUT2D eigenvalue weighted by Crippen LogP contribution is -2.24. The number of amides is 1. The Morgan fingerprint density at radius 1 is 1.27 bits per heavy atom. The van der Waals surface area contributed by atoms with Crippen LogP contribution in [0.1, 0.15) is 24.1 Å². The lowest BCUT2D eigenvalue weighted by molar-refractivity contribution is -0.117.